The Morgan fingerprint density at radius 3 is 2.09 bits per heavy atom. The molecule has 0 aliphatic carbocycles. The van der Waals surface area contributed by atoms with Crippen LogP contribution in [0.2, 0.25) is 0 Å². The van der Waals surface area contributed by atoms with Gasteiger partial charge in [0.2, 0.25) is 5.91 Å². The molecule has 0 atom stereocenters. The van der Waals surface area contributed by atoms with Gasteiger partial charge in [0.15, 0.2) is 0 Å². The average molecular weight is 311 g/mol. The Hall–Kier alpha value is -2.66. The van der Waals surface area contributed by atoms with Gasteiger partial charge in [-0.3, -0.25) is 15.0 Å². The van der Waals surface area contributed by atoms with Gasteiger partial charge in [-0.25, -0.2) is 4.79 Å². The lowest BCUT2D eigenvalue weighted by molar-refractivity contribution is -0.120. The second kappa shape index (κ2) is 8.70. The van der Waals surface area contributed by atoms with E-state index in [0.29, 0.717) is 13.1 Å². The van der Waals surface area contributed by atoms with Crippen LogP contribution in [-0.2, 0) is 17.9 Å². The number of benzene rings is 2. The number of likely N-dealkylation sites (N-methyl/N-ethyl adjacent to an activating group) is 1. The Morgan fingerprint density at radius 1 is 0.913 bits per heavy atom. The van der Waals surface area contributed by atoms with E-state index in [2.05, 4.69) is 10.6 Å². The van der Waals surface area contributed by atoms with E-state index >= 15 is 0 Å². The number of urea groups is 1. The molecule has 0 unspecified atom stereocenters. The van der Waals surface area contributed by atoms with Crippen molar-refractivity contribution < 1.29 is 9.59 Å². The summed E-state index contributed by atoms with van der Waals surface area (Å²) in [6.07, 6.45) is 0. The molecule has 0 fully saturated rings. The predicted octanol–water partition coefficient (Wildman–Crippen LogP) is 2.14. The zero-order valence-electron chi connectivity index (χ0n) is 13.2. The number of hydrogen-bond donors (Lipinski definition) is 2. The van der Waals surface area contributed by atoms with Gasteiger partial charge in [-0.2, -0.15) is 0 Å². The maximum atomic E-state index is 11.9. The molecular formula is C18H21N3O2. The Balaban J connectivity index is 1.70. The number of carbonyl (C=O) groups excluding carboxylic acids is 2. The molecule has 0 aliphatic heterocycles. The van der Waals surface area contributed by atoms with Crippen LogP contribution in [0.4, 0.5) is 4.79 Å². The first kappa shape index (κ1) is 16.7. The second-order valence-corrected chi connectivity index (χ2v) is 5.37. The van der Waals surface area contributed by atoms with Crippen molar-refractivity contribution in [1.29, 1.82) is 0 Å². The lowest BCUT2D eigenvalue weighted by Gasteiger charge is -2.16. The lowest BCUT2D eigenvalue weighted by atomic mass is 10.2. The highest BCUT2D eigenvalue weighted by Crippen LogP contribution is 2.02. The first-order valence-corrected chi connectivity index (χ1v) is 7.47. The van der Waals surface area contributed by atoms with Crippen LogP contribution in [0.15, 0.2) is 60.7 Å². The van der Waals surface area contributed by atoms with Gasteiger partial charge in [-0.1, -0.05) is 60.7 Å². The van der Waals surface area contributed by atoms with E-state index in [4.69, 9.17) is 0 Å². The Labute approximate surface area is 136 Å². The highest BCUT2D eigenvalue weighted by atomic mass is 16.2. The average Bonchev–Trinajstić information content (AvgIpc) is 2.54. The van der Waals surface area contributed by atoms with Crippen molar-refractivity contribution in [2.75, 3.05) is 13.6 Å². The van der Waals surface area contributed by atoms with Crippen molar-refractivity contribution in [2.45, 2.75) is 13.1 Å². The molecule has 2 aromatic carbocycles. The fraction of sp³-hybridized carbons (Fsp3) is 0.222. The minimum atomic E-state index is -0.480. The molecule has 0 heterocycles. The number of amides is 3. The summed E-state index contributed by atoms with van der Waals surface area (Å²) in [4.78, 5) is 25.4. The van der Waals surface area contributed by atoms with E-state index < -0.39 is 6.03 Å². The Bertz CT molecular complexity index is 629. The summed E-state index contributed by atoms with van der Waals surface area (Å²) in [5, 5.41) is 5.00. The van der Waals surface area contributed by atoms with Crippen LogP contribution in [0.25, 0.3) is 0 Å². The van der Waals surface area contributed by atoms with Crippen molar-refractivity contribution >= 4 is 11.9 Å². The molecule has 0 spiro atoms. The first-order valence-electron chi connectivity index (χ1n) is 7.47. The summed E-state index contributed by atoms with van der Waals surface area (Å²) >= 11 is 0. The van der Waals surface area contributed by atoms with Gasteiger partial charge in [0.05, 0.1) is 6.54 Å². The molecule has 0 saturated heterocycles. The summed E-state index contributed by atoms with van der Waals surface area (Å²) < 4.78 is 0. The molecule has 3 amide bonds. The third-order valence-corrected chi connectivity index (χ3v) is 3.26. The summed E-state index contributed by atoms with van der Waals surface area (Å²) in [7, 11) is 1.84. The van der Waals surface area contributed by atoms with Crippen molar-refractivity contribution in [2.24, 2.45) is 0 Å². The molecule has 120 valence electrons. The molecule has 2 N–H and O–H groups in total. The zero-order chi connectivity index (χ0) is 16.5. The lowest BCUT2D eigenvalue weighted by Crippen LogP contribution is -2.43. The van der Waals surface area contributed by atoms with E-state index in [0.717, 1.165) is 11.1 Å². The second-order valence-electron chi connectivity index (χ2n) is 5.37. The number of nitrogens with zero attached hydrogens (tertiary/aromatic N) is 1. The maximum Gasteiger partial charge on any atom is 0.321 e. The van der Waals surface area contributed by atoms with Crippen LogP contribution in [-0.4, -0.2) is 30.4 Å². The van der Waals surface area contributed by atoms with Gasteiger partial charge in [-0.05, 0) is 18.2 Å². The fourth-order valence-corrected chi connectivity index (χ4v) is 2.18. The van der Waals surface area contributed by atoms with E-state index in [1.165, 1.54) is 0 Å². The first-order chi connectivity index (χ1) is 11.1. The quantitative estimate of drug-likeness (QED) is 0.859. The van der Waals surface area contributed by atoms with E-state index in [9.17, 15) is 9.59 Å². The molecule has 5 heteroatoms. The minimum absolute atomic E-state index is 0.160. The summed E-state index contributed by atoms with van der Waals surface area (Å²) in [5.41, 5.74) is 2.10. The number of nitrogens with one attached hydrogen (secondary N) is 2. The SMILES string of the molecule is CN(CC(=O)NC(=O)NCc1ccccc1)Cc1ccccc1. The zero-order valence-corrected chi connectivity index (χ0v) is 13.2. The molecule has 0 saturated carbocycles. The molecular weight excluding hydrogens is 290 g/mol. The largest absolute Gasteiger partial charge is 0.334 e. The highest BCUT2D eigenvalue weighted by Gasteiger charge is 2.10. The van der Waals surface area contributed by atoms with Gasteiger partial charge >= 0.3 is 6.03 Å². The molecule has 2 aromatic rings. The molecule has 2 rings (SSSR count). The summed E-state index contributed by atoms with van der Waals surface area (Å²) in [6.45, 7) is 1.20. The fourth-order valence-electron chi connectivity index (χ4n) is 2.18. The van der Waals surface area contributed by atoms with Gasteiger partial charge in [0.1, 0.15) is 0 Å². The van der Waals surface area contributed by atoms with Crippen LogP contribution in [0, 0.1) is 0 Å². The molecule has 0 bridgehead atoms. The van der Waals surface area contributed by atoms with Gasteiger partial charge < -0.3 is 5.32 Å². The number of rotatable bonds is 6. The van der Waals surface area contributed by atoms with Crippen LogP contribution < -0.4 is 10.6 Å². The molecule has 23 heavy (non-hydrogen) atoms. The van der Waals surface area contributed by atoms with E-state index in [1.807, 2.05) is 72.6 Å². The number of hydrogen-bond acceptors (Lipinski definition) is 3. The highest BCUT2D eigenvalue weighted by molar-refractivity contribution is 5.95. The molecule has 5 nitrogen and oxygen atoms in total. The Morgan fingerprint density at radius 2 is 1.48 bits per heavy atom. The van der Waals surface area contributed by atoms with Crippen molar-refractivity contribution in [1.82, 2.24) is 15.5 Å². The third kappa shape index (κ3) is 6.32. The standard InChI is InChI=1S/C18H21N3O2/c1-21(13-16-10-6-3-7-11-16)14-17(22)20-18(23)19-12-15-8-4-2-5-9-15/h2-11H,12-14H2,1H3,(H2,19,20,22,23). The van der Waals surface area contributed by atoms with E-state index in [1.54, 1.807) is 0 Å². The van der Waals surface area contributed by atoms with Crippen LogP contribution in [0.3, 0.4) is 0 Å². The molecule has 0 radical (unpaired) electrons. The normalized spacial score (nSPS) is 10.3. The topological polar surface area (TPSA) is 61.4 Å². The van der Waals surface area contributed by atoms with Crippen LogP contribution >= 0.6 is 0 Å². The van der Waals surface area contributed by atoms with Crippen molar-refractivity contribution in [3.8, 4) is 0 Å². The predicted molar refractivity (Wildman–Crippen MR) is 89.6 cm³/mol. The maximum absolute atomic E-state index is 11.9. The van der Waals surface area contributed by atoms with Crippen LogP contribution in [0.5, 0.6) is 0 Å². The van der Waals surface area contributed by atoms with Gasteiger partial charge in [0.25, 0.3) is 0 Å². The summed E-state index contributed by atoms with van der Waals surface area (Å²) in [6, 6.07) is 18.9. The van der Waals surface area contributed by atoms with Gasteiger partial charge in [-0.15, -0.1) is 0 Å². The number of imide groups is 1. The molecule has 0 aliphatic rings. The van der Waals surface area contributed by atoms with Gasteiger partial charge in [0, 0.05) is 13.1 Å². The smallest absolute Gasteiger partial charge is 0.321 e. The van der Waals surface area contributed by atoms with Crippen LogP contribution in [0.1, 0.15) is 11.1 Å². The van der Waals surface area contributed by atoms with Crippen molar-refractivity contribution in [3.05, 3.63) is 71.8 Å². The number of carbonyl (C=O) groups is 2. The van der Waals surface area contributed by atoms with E-state index in [-0.39, 0.29) is 12.5 Å². The minimum Gasteiger partial charge on any atom is -0.334 e. The third-order valence-electron chi connectivity index (χ3n) is 3.26. The monoisotopic (exact) mass is 311 g/mol. The van der Waals surface area contributed by atoms with Crippen molar-refractivity contribution in [3.63, 3.8) is 0 Å². The molecule has 0 aromatic heterocycles. The summed E-state index contributed by atoms with van der Waals surface area (Å²) in [5.74, 6) is -0.325. The Kier molecular flexibility index (Phi) is 6.32.